The highest BCUT2D eigenvalue weighted by Crippen LogP contribution is 2.37. The molecule has 1 heteroatoms. The Hall–Kier alpha value is -1.11. The zero-order valence-electron chi connectivity index (χ0n) is 12.8. The molecule has 0 radical (unpaired) electrons. The van der Waals surface area contributed by atoms with Gasteiger partial charge >= 0.3 is 0 Å². The topological polar surface area (TPSA) is 17.1 Å². The maximum absolute atomic E-state index is 12.7. The van der Waals surface area contributed by atoms with Gasteiger partial charge in [0, 0.05) is 11.8 Å². The van der Waals surface area contributed by atoms with Crippen LogP contribution in [-0.2, 0) is 11.2 Å². The largest absolute Gasteiger partial charge is 0.299 e. The standard InChI is InChI=1S/C18H26O/c1-13-10-14(2)16(15(3)11-13)12-17(19)18(4)8-6-5-7-9-18/h10-11H,5-9,12H2,1-4H3. The molecule has 1 aliphatic rings. The molecular weight excluding hydrogens is 232 g/mol. The number of carbonyl (C=O) groups is 1. The van der Waals surface area contributed by atoms with Gasteiger partial charge in [-0.3, -0.25) is 4.79 Å². The Bertz CT molecular complexity index is 455. The second-order valence-electron chi connectivity index (χ2n) is 6.60. The van der Waals surface area contributed by atoms with Gasteiger partial charge in [0.05, 0.1) is 0 Å². The summed E-state index contributed by atoms with van der Waals surface area (Å²) >= 11 is 0. The molecule has 1 aromatic carbocycles. The normalized spacial score (nSPS) is 18.3. The number of Topliss-reactive ketones (excluding diaryl/α,β-unsaturated/α-hetero) is 1. The van der Waals surface area contributed by atoms with E-state index in [1.54, 1.807) is 0 Å². The van der Waals surface area contributed by atoms with Crippen LogP contribution in [0.4, 0.5) is 0 Å². The Morgan fingerprint density at radius 3 is 2.11 bits per heavy atom. The molecule has 0 saturated heterocycles. The zero-order valence-corrected chi connectivity index (χ0v) is 12.8. The molecule has 0 aliphatic heterocycles. The number of ketones is 1. The Morgan fingerprint density at radius 2 is 1.58 bits per heavy atom. The van der Waals surface area contributed by atoms with Gasteiger partial charge in [-0.05, 0) is 50.3 Å². The number of hydrogen-bond donors (Lipinski definition) is 0. The van der Waals surface area contributed by atoms with Crippen LogP contribution >= 0.6 is 0 Å². The van der Waals surface area contributed by atoms with Gasteiger partial charge in [0.1, 0.15) is 5.78 Å². The minimum absolute atomic E-state index is 0.0674. The Kier molecular flexibility index (Phi) is 4.13. The molecule has 1 nitrogen and oxygen atoms in total. The molecule has 0 aromatic heterocycles. The molecule has 0 amide bonds. The number of aryl methyl sites for hydroxylation is 3. The number of benzene rings is 1. The molecule has 0 bridgehead atoms. The summed E-state index contributed by atoms with van der Waals surface area (Å²) in [5.74, 6) is 0.447. The van der Waals surface area contributed by atoms with Crippen molar-refractivity contribution in [1.82, 2.24) is 0 Å². The van der Waals surface area contributed by atoms with E-state index < -0.39 is 0 Å². The van der Waals surface area contributed by atoms with E-state index in [1.807, 2.05) is 0 Å². The van der Waals surface area contributed by atoms with E-state index in [2.05, 4.69) is 39.8 Å². The molecule has 0 heterocycles. The van der Waals surface area contributed by atoms with Crippen molar-refractivity contribution in [2.24, 2.45) is 5.41 Å². The fourth-order valence-corrected chi connectivity index (χ4v) is 3.47. The van der Waals surface area contributed by atoms with Crippen molar-refractivity contribution in [3.8, 4) is 0 Å². The molecule has 0 spiro atoms. The maximum Gasteiger partial charge on any atom is 0.143 e. The lowest BCUT2D eigenvalue weighted by Crippen LogP contribution is -2.31. The number of carbonyl (C=O) groups excluding carboxylic acids is 1. The molecule has 19 heavy (non-hydrogen) atoms. The number of hydrogen-bond acceptors (Lipinski definition) is 1. The first-order chi connectivity index (χ1) is 8.92. The Morgan fingerprint density at radius 1 is 1.05 bits per heavy atom. The van der Waals surface area contributed by atoms with E-state index >= 15 is 0 Å². The average Bonchev–Trinajstić information content (AvgIpc) is 2.34. The molecule has 0 unspecified atom stereocenters. The first kappa shape index (κ1) is 14.3. The predicted octanol–water partition coefficient (Wildman–Crippen LogP) is 4.69. The van der Waals surface area contributed by atoms with Crippen molar-refractivity contribution in [2.75, 3.05) is 0 Å². The van der Waals surface area contributed by atoms with E-state index in [0.29, 0.717) is 12.2 Å². The van der Waals surface area contributed by atoms with Gasteiger partial charge < -0.3 is 0 Å². The molecule has 1 aromatic rings. The molecule has 2 rings (SSSR count). The summed E-state index contributed by atoms with van der Waals surface area (Å²) in [6.45, 7) is 8.55. The third-order valence-corrected chi connectivity index (χ3v) is 4.81. The summed E-state index contributed by atoms with van der Waals surface area (Å²) in [7, 11) is 0. The highest BCUT2D eigenvalue weighted by atomic mass is 16.1. The third kappa shape index (κ3) is 3.08. The summed E-state index contributed by atoms with van der Waals surface area (Å²) in [5, 5.41) is 0. The van der Waals surface area contributed by atoms with Crippen molar-refractivity contribution in [3.63, 3.8) is 0 Å². The summed E-state index contributed by atoms with van der Waals surface area (Å²) in [6.07, 6.45) is 6.51. The smallest absolute Gasteiger partial charge is 0.143 e. The average molecular weight is 258 g/mol. The van der Waals surface area contributed by atoms with Crippen LogP contribution in [0.1, 0.15) is 61.3 Å². The summed E-state index contributed by atoms with van der Waals surface area (Å²) in [6, 6.07) is 4.39. The van der Waals surface area contributed by atoms with Crippen molar-refractivity contribution in [3.05, 3.63) is 34.4 Å². The van der Waals surface area contributed by atoms with E-state index in [0.717, 1.165) is 12.8 Å². The van der Waals surface area contributed by atoms with Crippen molar-refractivity contribution < 1.29 is 4.79 Å². The second kappa shape index (κ2) is 5.48. The lowest BCUT2D eigenvalue weighted by atomic mass is 9.71. The van der Waals surface area contributed by atoms with Gasteiger partial charge in [-0.1, -0.05) is 43.9 Å². The van der Waals surface area contributed by atoms with E-state index in [-0.39, 0.29) is 5.41 Å². The van der Waals surface area contributed by atoms with Gasteiger partial charge in [-0.25, -0.2) is 0 Å². The molecule has 1 aliphatic carbocycles. The van der Waals surface area contributed by atoms with Gasteiger partial charge in [-0.15, -0.1) is 0 Å². The van der Waals surface area contributed by atoms with Crippen LogP contribution in [0.5, 0.6) is 0 Å². The SMILES string of the molecule is Cc1cc(C)c(CC(=O)C2(C)CCCCC2)c(C)c1. The van der Waals surface area contributed by atoms with E-state index in [4.69, 9.17) is 0 Å². The predicted molar refractivity (Wildman–Crippen MR) is 80.6 cm³/mol. The minimum atomic E-state index is -0.0674. The molecule has 1 saturated carbocycles. The van der Waals surface area contributed by atoms with Crippen LogP contribution in [0.15, 0.2) is 12.1 Å². The molecule has 0 atom stereocenters. The van der Waals surface area contributed by atoms with Crippen LogP contribution in [-0.4, -0.2) is 5.78 Å². The van der Waals surface area contributed by atoms with Crippen LogP contribution in [0.3, 0.4) is 0 Å². The van der Waals surface area contributed by atoms with Crippen molar-refractivity contribution in [2.45, 2.75) is 66.2 Å². The van der Waals surface area contributed by atoms with E-state index in [9.17, 15) is 4.79 Å². The molecule has 0 N–H and O–H groups in total. The van der Waals surface area contributed by atoms with Gasteiger partial charge in [-0.2, -0.15) is 0 Å². The second-order valence-corrected chi connectivity index (χ2v) is 6.60. The monoisotopic (exact) mass is 258 g/mol. The fraction of sp³-hybridized carbons (Fsp3) is 0.611. The quantitative estimate of drug-likeness (QED) is 0.768. The summed E-state index contributed by atoms with van der Waals surface area (Å²) in [5.41, 5.74) is 5.01. The highest BCUT2D eigenvalue weighted by Gasteiger charge is 2.34. The fourth-order valence-electron chi connectivity index (χ4n) is 3.47. The van der Waals surface area contributed by atoms with Gasteiger partial charge in [0.25, 0.3) is 0 Å². The maximum atomic E-state index is 12.7. The Balaban J connectivity index is 2.19. The lowest BCUT2D eigenvalue weighted by molar-refractivity contribution is -0.128. The van der Waals surface area contributed by atoms with E-state index in [1.165, 1.54) is 41.5 Å². The minimum Gasteiger partial charge on any atom is -0.299 e. The Labute approximate surface area is 117 Å². The molecule has 104 valence electrons. The van der Waals surface area contributed by atoms with Gasteiger partial charge in [0.2, 0.25) is 0 Å². The van der Waals surface area contributed by atoms with Crippen LogP contribution in [0.25, 0.3) is 0 Å². The first-order valence-electron chi connectivity index (χ1n) is 7.52. The lowest BCUT2D eigenvalue weighted by Gasteiger charge is -2.32. The molecule has 1 fully saturated rings. The molecular formula is C18H26O. The van der Waals surface area contributed by atoms with Crippen molar-refractivity contribution in [1.29, 1.82) is 0 Å². The third-order valence-electron chi connectivity index (χ3n) is 4.81. The van der Waals surface area contributed by atoms with Crippen LogP contribution in [0.2, 0.25) is 0 Å². The van der Waals surface area contributed by atoms with Gasteiger partial charge in [0.15, 0.2) is 0 Å². The van der Waals surface area contributed by atoms with Crippen molar-refractivity contribution >= 4 is 5.78 Å². The first-order valence-corrected chi connectivity index (χ1v) is 7.52. The van der Waals surface area contributed by atoms with Crippen LogP contribution in [0, 0.1) is 26.2 Å². The van der Waals surface area contributed by atoms with Crippen LogP contribution < -0.4 is 0 Å². The summed E-state index contributed by atoms with van der Waals surface area (Å²) in [4.78, 5) is 12.7. The highest BCUT2D eigenvalue weighted by molar-refractivity contribution is 5.87. The summed E-state index contributed by atoms with van der Waals surface area (Å²) < 4.78 is 0. The number of rotatable bonds is 3. The zero-order chi connectivity index (χ0) is 14.0.